The molecule has 0 spiro atoms. The molecule has 0 saturated carbocycles. The summed E-state index contributed by atoms with van der Waals surface area (Å²) in [5, 5.41) is 5.85. The Hall–Kier alpha value is -2.12. The lowest BCUT2D eigenvalue weighted by Crippen LogP contribution is -2.04. The maximum absolute atomic E-state index is 3.18. The number of fused-ring (bicyclic) bond motifs is 1. The monoisotopic (exact) mass is 261 g/mol. The number of aryl methyl sites for hydroxylation is 1. The van der Waals surface area contributed by atoms with Crippen LogP contribution in [0.1, 0.15) is 11.1 Å². The van der Waals surface area contributed by atoms with E-state index in [1.54, 1.807) is 0 Å². The van der Waals surface area contributed by atoms with Gasteiger partial charge >= 0.3 is 0 Å². The van der Waals surface area contributed by atoms with Gasteiger partial charge in [0.25, 0.3) is 0 Å². The first-order valence-corrected chi connectivity index (χ1v) is 7.02. The minimum absolute atomic E-state index is 0.912. The van der Waals surface area contributed by atoms with Crippen LogP contribution in [0.5, 0.6) is 0 Å². The van der Waals surface area contributed by atoms with Gasteiger partial charge in [0.05, 0.1) is 0 Å². The van der Waals surface area contributed by atoms with Gasteiger partial charge in [-0.25, -0.2) is 0 Å². The highest BCUT2D eigenvalue weighted by atomic mass is 14.8. The Morgan fingerprint density at radius 3 is 2.20 bits per heavy atom. The zero-order valence-electron chi connectivity index (χ0n) is 12.0. The van der Waals surface area contributed by atoms with Gasteiger partial charge in [0, 0.05) is 6.54 Å². The minimum Gasteiger partial charge on any atom is -0.316 e. The van der Waals surface area contributed by atoms with E-state index in [2.05, 4.69) is 72.9 Å². The van der Waals surface area contributed by atoms with Gasteiger partial charge in [0.15, 0.2) is 0 Å². The van der Waals surface area contributed by atoms with E-state index in [-0.39, 0.29) is 0 Å². The van der Waals surface area contributed by atoms with Crippen molar-refractivity contribution in [1.82, 2.24) is 5.32 Å². The van der Waals surface area contributed by atoms with Gasteiger partial charge in [-0.3, -0.25) is 0 Å². The van der Waals surface area contributed by atoms with E-state index in [1.807, 2.05) is 7.05 Å². The fourth-order valence-electron chi connectivity index (χ4n) is 2.71. The predicted octanol–water partition coefficient (Wildman–Crippen LogP) is 4.53. The SMILES string of the molecule is CNCc1ccc(-c2ccc(C)c3ccccc23)cc1. The summed E-state index contributed by atoms with van der Waals surface area (Å²) >= 11 is 0. The van der Waals surface area contributed by atoms with E-state index < -0.39 is 0 Å². The summed E-state index contributed by atoms with van der Waals surface area (Å²) in [7, 11) is 1.97. The number of benzene rings is 3. The highest BCUT2D eigenvalue weighted by Gasteiger charge is 2.05. The number of rotatable bonds is 3. The van der Waals surface area contributed by atoms with Gasteiger partial charge in [-0.1, -0.05) is 60.7 Å². The van der Waals surface area contributed by atoms with E-state index >= 15 is 0 Å². The normalized spacial score (nSPS) is 10.9. The second-order valence-corrected chi connectivity index (χ2v) is 5.20. The van der Waals surface area contributed by atoms with Crippen molar-refractivity contribution in [2.75, 3.05) is 7.05 Å². The molecule has 0 bridgehead atoms. The largest absolute Gasteiger partial charge is 0.316 e. The Labute approximate surface area is 120 Å². The Kier molecular flexibility index (Phi) is 3.53. The average molecular weight is 261 g/mol. The quantitative estimate of drug-likeness (QED) is 0.730. The average Bonchev–Trinajstić information content (AvgIpc) is 2.49. The van der Waals surface area contributed by atoms with E-state index in [1.165, 1.54) is 33.0 Å². The Bertz CT molecular complexity index is 726. The van der Waals surface area contributed by atoms with Gasteiger partial charge in [0.1, 0.15) is 0 Å². The maximum Gasteiger partial charge on any atom is 0.0202 e. The Morgan fingerprint density at radius 1 is 0.800 bits per heavy atom. The molecule has 0 aliphatic rings. The smallest absolute Gasteiger partial charge is 0.0202 e. The molecule has 3 aromatic rings. The van der Waals surface area contributed by atoms with Crippen molar-refractivity contribution in [2.45, 2.75) is 13.5 Å². The highest BCUT2D eigenvalue weighted by Crippen LogP contribution is 2.30. The van der Waals surface area contributed by atoms with Gasteiger partial charge < -0.3 is 5.32 Å². The van der Waals surface area contributed by atoms with Crippen molar-refractivity contribution in [1.29, 1.82) is 0 Å². The molecule has 0 heterocycles. The molecule has 1 nitrogen and oxygen atoms in total. The van der Waals surface area contributed by atoms with Crippen LogP contribution in [0.4, 0.5) is 0 Å². The lowest BCUT2D eigenvalue weighted by molar-refractivity contribution is 0.818. The van der Waals surface area contributed by atoms with Crippen LogP contribution in [0.15, 0.2) is 60.7 Å². The lowest BCUT2D eigenvalue weighted by atomic mass is 9.95. The minimum atomic E-state index is 0.912. The second-order valence-electron chi connectivity index (χ2n) is 5.20. The van der Waals surface area contributed by atoms with Crippen molar-refractivity contribution >= 4 is 10.8 Å². The van der Waals surface area contributed by atoms with E-state index in [0.717, 1.165) is 6.54 Å². The zero-order chi connectivity index (χ0) is 13.9. The molecule has 0 radical (unpaired) electrons. The number of hydrogen-bond donors (Lipinski definition) is 1. The molecule has 3 aromatic carbocycles. The molecule has 3 rings (SSSR count). The molecule has 1 N–H and O–H groups in total. The van der Waals surface area contributed by atoms with Crippen molar-refractivity contribution in [3.63, 3.8) is 0 Å². The summed E-state index contributed by atoms with van der Waals surface area (Å²) in [6.45, 7) is 3.08. The Morgan fingerprint density at radius 2 is 1.50 bits per heavy atom. The summed E-state index contributed by atoms with van der Waals surface area (Å²) in [6.07, 6.45) is 0. The molecule has 0 aromatic heterocycles. The van der Waals surface area contributed by atoms with Gasteiger partial charge in [-0.15, -0.1) is 0 Å². The molecule has 0 amide bonds. The molecule has 0 aliphatic carbocycles. The fourth-order valence-corrected chi connectivity index (χ4v) is 2.71. The van der Waals surface area contributed by atoms with E-state index in [0.29, 0.717) is 0 Å². The van der Waals surface area contributed by atoms with Crippen LogP contribution in [0.3, 0.4) is 0 Å². The molecule has 20 heavy (non-hydrogen) atoms. The number of hydrogen-bond acceptors (Lipinski definition) is 1. The van der Waals surface area contributed by atoms with Gasteiger partial charge in [-0.2, -0.15) is 0 Å². The third-order valence-electron chi connectivity index (χ3n) is 3.79. The van der Waals surface area contributed by atoms with Crippen LogP contribution < -0.4 is 5.32 Å². The standard InChI is InChI=1S/C19H19N/c1-14-7-12-18(19-6-4-3-5-17(14)19)16-10-8-15(9-11-16)13-20-2/h3-12,20H,13H2,1-2H3. The molecule has 0 saturated heterocycles. The van der Waals surface area contributed by atoms with Crippen LogP contribution in [0.2, 0.25) is 0 Å². The second kappa shape index (κ2) is 5.48. The molecule has 1 heteroatoms. The molecule has 0 atom stereocenters. The first-order chi connectivity index (χ1) is 9.79. The molecular formula is C19H19N. The molecular weight excluding hydrogens is 242 g/mol. The van der Waals surface area contributed by atoms with Crippen LogP contribution in [-0.2, 0) is 6.54 Å². The zero-order valence-corrected chi connectivity index (χ0v) is 12.0. The lowest BCUT2D eigenvalue weighted by Gasteiger charge is -2.10. The van der Waals surface area contributed by atoms with Gasteiger partial charge in [-0.05, 0) is 47.0 Å². The van der Waals surface area contributed by atoms with E-state index in [9.17, 15) is 0 Å². The topological polar surface area (TPSA) is 12.0 Å². The van der Waals surface area contributed by atoms with Crippen molar-refractivity contribution in [3.05, 3.63) is 71.8 Å². The molecule has 0 fully saturated rings. The highest BCUT2D eigenvalue weighted by molar-refractivity contribution is 5.98. The van der Waals surface area contributed by atoms with Crippen molar-refractivity contribution < 1.29 is 0 Å². The third kappa shape index (κ3) is 2.33. The summed E-state index contributed by atoms with van der Waals surface area (Å²) in [6, 6.07) is 21.9. The summed E-state index contributed by atoms with van der Waals surface area (Å²) < 4.78 is 0. The third-order valence-corrected chi connectivity index (χ3v) is 3.79. The first kappa shape index (κ1) is 12.9. The van der Waals surface area contributed by atoms with Crippen LogP contribution in [-0.4, -0.2) is 7.05 Å². The van der Waals surface area contributed by atoms with Crippen LogP contribution in [0.25, 0.3) is 21.9 Å². The van der Waals surface area contributed by atoms with Crippen LogP contribution >= 0.6 is 0 Å². The summed E-state index contributed by atoms with van der Waals surface area (Å²) in [5.41, 5.74) is 5.23. The maximum atomic E-state index is 3.18. The van der Waals surface area contributed by atoms with Gasteiger partial charge in [0.2, 0.25) is 0 Å². The van der Waals surface area contributed by atoms with Crippen molar-refractivity contribution in [3.8, 4) is 11.1 Å². The molecule has 100 valence electrons. The fraction of sp³-hybridized carbons (Fsp3) is 0.158. The van der Waals surface area contributed by atoms with E-state index in [4.69, 9.17) is 0 Å². The predicted molar refractivity (Wildman–Crippen MR) is 86.9 cm³/mol. The molecule has 0 unspecified atom stereocenters. The summed E-state index contributed by atoms with van der Waals surface area (Å²) in [5.74, 6) is 0. The molecule has 0 aliphatic heterocycles. The first-order valence-electron chi connectivity index (χ1n) is 7.02. The van der Waals surface area contributed by atoms with Crippen molar-refractivity contribution in [2.24, 2.45) is 0 Å². The Balaban J connectivity index is 2.12. The number of nitrogens with one attached hydrogen (secondary N) is 1. The van der Waals surface area contributed by atoms with Crippen LogP contribution in [0, 0.1) is 6.92 Å². The summed E-state index contributed by atoms with van der Waals surface area (Å²) in [4.78, 5) is 0.